The summed E-state index contributed by atoms with van der Waals surface area (Å²) in [5.74, 6) is 0.800. The number of nitrogens with zero attached hydrogens (tertiary/aromatic N) is 3. The van der Waals surface area contributed by atoms with E-state index in [2.05, 4.69) is 36.6 Å². The number of hydrogen-bond donors (Lipinski definition) is 0. The third-order valence-electron chi connectivity index (χ3n) is 6.64. The van der Waals surface area contributed by atoms with Crippen LogP contribution in [0.2, 0.25) is 0 Å². The molecule has 2 aliphatic heterocycles. The van der Waals surface area contributed by atoms with Gasteiger partial charge in [-0.05, 0) is 61.6 Å². The summed E-state index contributed by atoms with van der Waals surface area (Å²) in [6.07, 6.45) is 2.27. The van der Waals surface area contributed by atoms with Crippen LogP contribution in [0.5, 0.6) is 0 Å². The van der Waals surface area contributed by atoms with Crippen molar-refractivity contribution in [1.82, 2.24) is 13.9 Å². The summed E-state index contributed by atoms with van der Waals surface area (Å²) >= 11 is 1.69. The van der Waals surface area contributed by atoms with Crippen molar-refractivity contribution >= 4 is 32.8 Å². The Morgan fingerprint density at radius 3 is 2.62 bits per heavy atom. The third kappa shape index (κ3) is 4.90. The van der Waals surface area contributed by atoms with Crippen LogP contribution in [0.15, 0.2) is 46.5 Å². The standard InChI is InChI=1S/C25H31N3O4S2/c1-18-5-6-20(14-19(18)2)17-33-25-26-23-15-22(34(29,30)27-9-12-31-13-10-27)7-8-24(23)28(25)16-21-4-3-11-32-21/h5-8,14-15,21H,3-4,9-13,16-17H2,1-2H3/t21-/m0/s1. The van der Waals surface area contributed by atoms with Crippen molar-refractivity contribution in [2.75, 3.05) is 32.9 Å². The Morgan fingerprint density at radius 2 is 1.88 bits per heavy atom. The second kappa shape index (κ2) is 9.99. The molecule has 0 aliphatic carbocycles. The maximum Gasteiger partial charge on any atom is 0.243 e. The van der Waals surface area contributed by atoms with Crippen molar-refractivity contribution in [2.45, 2.75) is 55.1 Å². The Balaban J connectivity index is 1.47. The first kappa shape index (κ1) is 23.8. The molecule has 2 aromatic carbocycles. The normalized spacial score (nSPS) is 19.8. The average Bonchev–Trinajstić information content (AvgIpc) is 3.48. The van der Waals surface area contributed by atoms with E-state index >= 15 is 0 Å². The number of imidazole rings is 1. The lowest BCUT2D eigenvalue weighted by atomic mass is 10.1. The minimum Gasteiger partial charge on any atom is -0.379 e. The molecule has 3 heterocycles. The summed E-state index contributed by atoms with van der Waals surface area (Å²) in [7, 11) is -3.57. The lowest BCUT2D eigenvalue weighted by Crippen LogP contribution is -2.40. The number of morpholine rings is 1. The summed E-state index contributed by atoms with van der Waals surface area (Å²) in [6.45, 7) is 7.39. The van der Waals surface area contributed by atoms with Crippen molar-refractivity contribution in [3.8, 4) is 0 Å². The Labute approximate surface area is 205 Å². The van der Waals surface area contributed by atoms with Gasteiger partial charge in [0.05, 0.1) is 41.8 Å². The van der Waals surface area contributed by atoms with Crippen molar-refractivity contribution < 1.29 is 17.9 Å². The van der Waals surface area contributed by atoms with Gasteiger partial charge in [-0.1, -0.05) is 30.0 Å². The van der Waals surface area contributed by atoms with E-state index in [0.717, 1.165) is 42.4 Å². The molecule has 182 valence electrons. The van der Waals surface area contributed by atoms with Gasteiger partial charge in [0.1, 0.15) is 0 Å². The van der Waals surface area contributed by atoms with Crippen molar-refractivity contribution in [3.63, 3.8) is 0 Å². The number of hydrogen-bond acceptors (Lipinski definition) is 6. The number of ether oxygens (including phenoxy) is 2. The molecule has 7 nitrogen and oxygen atoms in total. The highest BCUT2D eigenvalue weighted by atomic mass is 32.2. The minimum absolute atomic E-state index is 0.162. The zero-order chi connectivity index (χ0) is 23.7. The molecule has 1 atom stereocenters. The molecule has 9 heteroatoms. The van der Waals surface area contributed by atoms with Gasteiger partial charge < -0.3 is 14.0 Å². The van der Waals surface area contributed by atoms with Gasteiger partial charge in [-0.3, -0.25) is 0 Å². The average molecular weight is 502 g/mol. The number of aromatic nitrogens is 2. The number of benzene rings is 2. The first-order valence-electron chi connectivity index (χ1n) is 11.8. The molecule has 5 rings (SSSR count). The minimum atomic E-state index is -3.57. The first-order chi connectivity index (χ1) is 16.4. The molecule has 34 heavy (non-hydrogen) atoms. The Hall–Kier alpha value is -1.91. The quantitative estimate of drug-likeness (QED) is 0.453. The van der Waals surface area contributed by atoms with Gasteiger partial charge in [0.2, 0.25) is 10.0 Å². The van der Waals surface area contributed by atoms with Gasteiger partial charge in [0, 0.05) is 25.4 Å². The highest BCUT2D eigenvalue weighted by Gasteiger charge is 2.27. The summed E-state index contributed by atoms with van der Waals surface area (Å²) in [6, 6.07) is 11.9. The molecule has 3 aromatic rings. The number of sulfonamides is 1. The second-order valence-electron chi connectivity index (χ2n) is 9.01. The predicted molar refractivity (Wildman–Crippen MR) is 134 cm³/mol. The fourth-order valence-corrected chi connectivity index (χ4v) is 6.90. The monoisotopic (exact) mass is 501 g/mol. The van der Waals surface area contributed by atoms with Crippen molar-refractivity contribution in [1.29, 1.82) is 0 Å². The molecule has 0 saturated carbocycles. The van der Waals surface area contributed by atoms with E-state index in [1.807, 2.05) is 6.07 Å². The van der Waals surface area contributed by atoms with Crippen LogP contribution in [0.4, 0.5) is 0 Å². The van der Waals surface area contributed by atoms with E-state index < -0.39 is 10.0 Å². The van der Waals surface area contributed by atoms with E-state index in [1.165, 1.54) is 21.0 Å². The number of fused-ring (bicyclic) bond motifs is 1. The van der Waals surface area contributed by atoms with Gasteiger partial charge in [-0.25, -0.2) is 13.4 Å². The molecule has 0 radical (unpaired) electrons. The summed E-state index contributed by atoms with van der Waals surface area (Å²) in [5.41, 5.74) is 5.46. The van der Waals surface area contributed by atoms with Crippen LogP contribution in [-0.4, -0.2) is 61.3 Å². The topological polar surface area (TPSA) is 73.7 Å². The number of thioether (sulfide) groups is 1. The highest BCUT2D eigenvalue weighted by Crippen LogP contribution is 2.31. The summed E-state index contributed by atoms with van der Waals surface area (Å²) < 4.78 is 41.3. The van der Waals surface area contributed by atoms with E-state index in [0.29, 0.717) is 31.8 Å². The largest absolute Gasteiger partial charge is 0.379 e. The van der Waals surface area contributed by atoms with Crippen LogP contribution < -0.4 is 0 Å². The smallest absolute Gasteiger partial charge is 0.243 e. The summed E-state index contributed by atoms with van der Waals surface area (Å²) in [5, 5.41) is 0.893. The molecule has 0 spiro atoms. The van der Waals surface area contributed by atoms with E-state index in [9.17, 15) is 8.42 Å². The molecule has 2 fully saturated rings. The fourth-order valence-electron chi connectivity index (χ4n) is 4.50. The Bertz CT molecular complexity index is 1280. The second-order valence-corrected chi connectivity index (χ2v) is 11.9. The van der Waals surface area contributed by atoms with Crippen LogP contribution >= 0.6 is 11.8 Å². The van der Waals surface area contributed by atoms with Gasteiger partial charge in [0.25, 0.3) is 0 Å². The van der Waals surface area contributed by atoms with Crippen LogP contribution in [0.1, 0.15) is 29.5 Å². The maximum atomic E-state index is 13.2. The van der Waals surface area contributed by atoms with Crippen LogP contribution in [0, 0.1) is 13.8 Å². The first-order valence-corrected chi connectivity index (χ1v) is 14.2. The predicted octanol–water partition coefficient (Wildman–Crippen LogP) is 4.15. The zero-order valence-corrected chi connectivity index (χ0v) is 21.3. The van der Waals surface area contributed by atoms with Crippen LogP contribution in [-0.2, 0) is 31.8 Å². The van der Waals surface area contributed by atoms with E-state index in [1.54, 1.807) is 23.9 Å². The number of aryl methyl sites for hydroxylation is 2. The Morgan fingerprint density at radius 1 is 1.06 bits per heavy atom. The molecule has 0 N–H and O–H groups in total. The molecule has 2 saturated heterocycles. The van der Waals surface area contributed by atoms with Crippen LogP contribution in [0.3, 0.4) is 0 Å². The Kier molecular flexibility index (Phi) is 7.00. The third-order valence-corrected chi connectivity index (χ3v) is 9.58. The van der Waals surface area contributed by atoms with Crippen molar-refractivity contribution in [3.05, 3.63) is 53.1 Å². The number of rotatable bonds is 7. The van der Waals surface area contributed by atoms with Gasteiger partial charge in [-0.2, -0.15) is 4.31 Å². The van der Waals surface area contributed by atoms with Gasteiger partial charge in [0.15, 0.2) is 5.16 Å². The molecule has 2 aliphatic rings. The molecule has 0 unspecified atom stereocenters. The van der Waals surface area contributed by atoms with Gasteiger partial charge >= 0.3 is 0 Å². The summed E-state index contributed by atoms with van der Waals surface area (Å²) in [4.78, 5) is 5.18. The lowest BCUT2D eigenvalue weighted by Gasteiger charge is -2.26. The van der Waals surface area contributed by atoms with Crippen molar-refractivity contribution in [2.24, 2.45) is 0 Å². The molecule has 0 amide bonds. The molecule has 0 bridgehead atoms. The van der Waals surface area contributed by atoms with Gasteiger partial charge in [-0.15, -0.1) is 0 Å². The fraction of sp³-hybridized carbons (Fsp3) is 0.480. The lowest BCUT2D eigenvalue weighted by molar-refractivity contribution is 0.0730. The zero-order valence-electron chi connectivity index (χ0n) is 19.7. The maximum absolute atomic E-state index is 13.2. The molecule has 1 aromatic heterocycles. The highest BCUT2D eigenvalue weighted by molar-refractivity contribution is 7.98. The van der Waals surface area contributed by atoms with E-state index in [4.69, 9.17) is 14.5 Å². The molecular formula is C25H31N3O4S2. The SMILES string of the molecule is Cc1ccc(CSc2nc3cc(S(=O)(=O)N4CCOCC4)ccc3n2C[C@@H]2CCCO2)cc1C. The van der Waals surface area contributed by atoms with Crippen LogP contribution in [0.25, 0.3) is 11.0 Å². The molecular weight excluding hydrogens is 470 g/mol. The van der Waals surface area contributed by atoms with E-state index in [-0.39, 0.29) is 11.0 Å².